The largest absolute Gasteiger partial charge is 0.378 e. The van der Waals surface area contributed by atoms with Crippen LogP contribution < -0.4 is 4.90 Å². The van der Waals surface area contributed by atoms with Crippen molar-refractivity contribution in [3.63, 3.8) is 0 Å². The summed E-state index contributed by atoms with van der Waals surface area (Å²) in [5, 5.41) is 9.78. The van der Waals surface area contributed by atoms with E-state index in [1.807, 2.05) is 0 Å². The number of hydrogen-bond acceptors (Lipinski definition) is 4. The van der Waals surface area contributed by atoms with E-state index in [2.05, 4.69) is 82.0 Å². The summed E-state index contributed by atoms with van der Waals surface area (Å²) in [6.45, 7) is 13.5. The lowest BCUT2D eigenvalue weighted by Crippen LogP contribution is -2.55. The van der Waals surface area contributed by atoms with Gasteiger partial charge in [-0.15, -0.1) is 0 Å². The molecule has 2 aromatic rings. The van der Waals surface area contributed by atoms with Gasteiger partial charge in [-0.3, -0.25) is 9.80 Å². The van der Waals surface area contributed by atoms with Gasteiger partial charge in [-0.2, -0.15) is 0 Å². The zero-order valence-electron chi connectivity index (χ0n) is 19.8. The van der Waals surface area contributed by atoms with Crippen LogP contribution in [-0.2, 0) is 6.54 Å². The summed E-state index contributed by atoms with van der Waals surface area (Å²) in [4.78, 5) is 7.88. The van der Waals surface area contributed by atoms with Crippen molar-refractivity contribution in [1.29, 1.82) is 0 Å². The summed E-state index contributed by atoms with van der Waals surface area (Å²) < 4.78 is 0. The van der Waals surface area contributed by atoms with E-state index in [4.69, 9.17) is 0 Å². The fraction of sp³-hybridized carbons (Fsp3) is 0.500. The van der Waals surface area contributed by atoms with Crippen molar-refractivity contribution in [2.75, 3.05) is 44.2 Å². The molecule has 32 heavy (non-hydrogen) atoms. The molecule has 0 aliphatic carbocycles. The van der Waals surface area contributed by atoms with Gasteiger partial charge in [-0.25, -0.2) is 0 Å². The molecule has 0 amide bonds. The Morgan fingerprint density at radius 3 is 2.38 bits per heavy atom. The summed E-state index contributed by atoms with van der Waals surface area (Å²) >= 11 is 0. The van der Waals surface area contributed by atoms with Crippen LogP contribution >= 0.6 is 0 Å². The SMILES string of the molecule is Cc1ccccc1N1CCN(C2CCCN(Cc3ccc(C#CC(C)(C)O)cc3)C2)CC1. The summed E-state index contributed by atoms with van der Waals surface area (Å²) in [6.07, 6.45) is 2.59. The molecule has 1 atom stereocenters. The Labute approximate surface area is 193 Å². The Balaban J connectivity index is 1.29. The number of benzene rings is 2. The summed E-state index contributed by atoms with van der Waals surface area (Å²) in [5.74, 6) is 5.94. The fourth-order valence-electron chi connectivity index (χ4n) is 4.90. The predicted octanol–water partition coefficient (Wildman–Crippen LogP) is 3.90. The Hall–Kier alpha value is -2.32. The van der Waals surface area contributed by atoms with E-state index in [-0.39, 0.29) is 0 Å². The van der Waals surface area contributed by atoms with E-state index in [1.54, 1.807) is 13.8 Å². The number of nitrogens with zero attached hydrogens (tertiary/aromatic N) is 3. The molecule has 1 unspecified atom stereocenters. The van der Waals surface area contributed by atoms with Crippen molar-refractivity contribution in [3.8, 4) is 11.8 Å². The molecule has 170 valence electrons. The van der Waals surface area contributed by atoms with Crippen molar-refractivity contribution in [2.24, 2.45) is 0 Å². The molecule has 0 aromatic heterocycles. The molecule has 1 N–H and O–H groups in total. The maximum absolute atomic E-state index is 9.78. The lowest BCUT2D eigenvalue weighted by molar-refractivity contribution is 0.0887. The number of likely N-dealkylation sites (tertiary alicyclic amines) is 1. The van der Waals surface area contributed by atoms with Crippen LogP contribution in [0.4, 0.5) is 5.69 Å². The van der Waals surface area contributed by atoms with Crippen LogP contribution in [0, 0.1) is 18.8 Å². The molecule has 0 radical (unpaired) electrons. The summed E-state index contributed by atoms with van der Waals surface area (Å²) in [6, 6.07) is 17.9. The molecular formula is C28H37N3O. The fourth-order valence-corrected chi connectivity index (χ4v) is 4.90. The van der Waals surface area contributed by atoms with Gasteiger partial charge < -0.3 is 10.0 Å². The first-order chi connectivity index (χ1) is 15.4. The first kappa shape index (κ1) is 22.9. The molecule has 4 rings (SSSR count). The van der Waals surface area contributed by atoms with E-state index in [9.17, 15) is 5.11 Å². The van der Waals surface area contributed by atoms with Gasteiger partial charge in [-0.1, -0.05) is 42.2 Å². The van der Waals surface area contributed by atoms with Gasteiger partial charge >= 0.3 is 0 Å². The van der Waals surface area contributed by atoms with Gasteiger partial charge in [0.1, 0.15) is 5.60 Å². The van der Waals surface area contributed by atoms with Crippen LogP contribution in [0.15, 0.2) is 48.5 Å². The first-order valence-corrected chi connectivity index (χ1v) is 12.0. The molecule has 2 heterocycles. The highest BCUT2D eigenvalue weighted by Gasteiger charge is 2.28. The molecule has 4 nitrogen and oxygen atoms in total. The average molecular weight is 432 g/mol. The molecule has 2 aliphatic rings. The van der Waals surface area contributed by atoms with E-state index >= 15 is 0 Å². The van der Waals surface area contributed by atoms with Crippen molar-refractivity contribution in [3.05, 3.63) is 65.2 Å². The van der Waals surface area contributed by atoms with Crippen LogP contribution in [-0.4, -0.2) is 65.8 Å². The van der Waals surface area contributed by atoms with Gasteiger partial charge in [0.15, 0.2) is 0 Å². The molecule has 2 aliphatic heterocycles. The Morgan fingerprint density at radius 1 is 0.969 bits per heavy atom. The Kier molecular flexibility index (Phi) is 7.20. The van der Waals surface area contributed by atoms with E-state index in [1.165, 1.54) is 36.2 Å². The number of anilines is 1. The molecule has 0 bridgehead atoms. The predicted molar refractivity (Wildman–Crippen MR) is 133 cm³/mol. The topological polar surface area (TPSA) is 30.0 Å². The second kappa shape index (κ2) is 10.1. The van der Waals surface area contributed by atoms with E-state index in [0.29, 0.717) is 6.04 Å². The highest BCUT2D eigenvalue weighted by atomic mass is 16.3. The third-order valence-corrected chi connectivity index (χ3v) is 6.64. The Morgan fingerprint density at radius 2 is 1.69 bits per heavy atom. The quantitative estimate of drug-likeness (QED) is 0.744. The number of piperidine rings is 1. The maximum atomic E-state index is 9.78. The minimum atomic E-state index is -0.951. The second-order valence-corrected chi connectivity index (χ2v) is 9.85. The molecular weight excluding hydrogens is 394 g/mol. The van der Waals surface area contributed by atoms with Crippen LogP contribution in [0.25, 0.3) is 0 Å². The highest BCUT2D eigenvalue weighted by Crippen LogP contribution is 2.24. The zero-order chi connectivity index (χ0) is 22.6. The monoisotopic (exact) mass is 431 g/mol. The molecule has 4 heteroatoms. The van der Waals surface area contributed by atoms with E-state index in [0.717, 1.165) is 44.8 Å². The number of aryl methyl sites for hydroxylation is 1. The van der Waals surface area contributed by atoms with Crippen molar-refractivity contribution in [2.45, 2.75) is 51.8 Å². The third kappa shape index (κ3) is 6.13. The maximum Gasteiger partial charge on any atom is 0.120 e. The number of rotatable bonds is 4. The van der Waals surface area contributed by atoms with Gasteiger partial charge in [0.2, 0.25) is 0 Å². The Bertz CT molecular complexity index is 943. The van der Waals surface area contributed by atoms with Crippen molar-refractivity contribution < 1.29 is 5.11 Å². The van der Waals surface area contributed by atoms with Gasteiger partial charge in [0, 0.05) is 56.6 Å². The highest BCUT2D eigenvalue weighted by molar-refractivity contribution is 5.53. The van der Waals surface area contributed by atoms with Gasteiger partial charge in [-0.05, 0) is 69.5 Å². The lowest BCUT2D eigenvalue weighted by atomic mass is 10.0. The van der Waals surface area contributed by atoms with Crippen LogP contribution in [0.2, 0.25) is 0 Å². The number of para-hydroxylation sites is 1. The normalized spacial score (nSPS) is 20.6. The minimum absolute atomic E-state index is 0.666. The zero-order valence-corrected chi connectivity index (χ0v) is 19.8. The number of piperazine rings is 1. The summed E-state index contributed by atoms with van der Waals surface area (Å²) in [5.41, 5.74) is 4.12. The van der Waals surface area contributed by atoms with Crippen LogP contribution in [0.3, 0.4) is 0 Å². The standard InChI is InChI=1S/C28H37N3O/c1-23-7-4-5-9-27(23)31-19-17-30(18-20-31)26-8-6-16-29(22-26)21-25-12-10-24(11-13-25)14-15-28(2,3)32/h4-5,7,9-13,26,32H,6,8,16-22H2,1-3H3. The van der Waals surface area contributed by atoms with Crippen LogP contribution in [0.5, 0.6) is 0 Å². The molecule has 2 saturated heterocycles. The minimum Gasteiger partial charge on any atom is -0.378 e. The average Bonchev–Trinajstić information content (AvgIpc) is 2.79. The molecule has 0 saturated carbocycles. The van der Waals surface area contributed by atoms with E-state index < -0.39 is 5.60 Å². The molecule has 2 aromatic carbocycles. The van der Waals surface area contributed by atoms with Crippen molar-refractivity contribution in [1.82, 2.24) is 9.80 Å². The smallest absolute Gasteiger partial charge is 0.120 e. The molecule has 0 spiro atoms. The van der Waals surface area contributed by atoms with Gasteiger partial charge in [0.25, 0.3) is 0 Å². The number of aliphatic hydroxyl groups is 1. The number of hydrogen-bond donors (Lipinski definition) is 1. The van der Waals surface area contributed by atoms with Crippen LogP contribution in [0.1, 0.15) is 43.4 Å². The van der Waals surface area contributed by atoms with Crippen molar-refractivity contribution >= 4 is 5.69 Å². The summed E-state index contributed by atoms with van der Waals surface area (Å²) in [7, 11) is 0. The first-order valence-electron chi connectivity index (χ1n) is 12.0. The third-order valence-electron chi connectivity index (χ3n) is 6.64. The van der Waals surface area contributed by atoms with Gasteiger partial charge in [0.05, 0.1) is 0 Å². The second-order valence-electron chi connectivity index (χ2n) is 9.85. The molecule has 2 fully saturated rings. The lowest BCUT2D eigenvalue weighted by Gasteiger charge is -2.44.